The van der Waals surface area contributed by atoms with Gasteiger partial charge in [0.15, 0.2) is 0 Å². The van der Waals surface area contributed by atoms with Crippen LogP contribution >= 0.6 is 0 Å². The van der Waals surface area contributed by atoms with Crippen LogP contribution in [0.4, 0.5) is 0 Å². The Morgan fingerprint density at radius 2 is 2.12 bits per heavy atom. The van der Waals surface area contributed by atoms with Crippen LogP contribution in [0.3, 0.4) is 0 Å². The Kier molecular flexibility index (Phi) is 5.81. The van der Waals surface area contributed by atoms with Gasteiger partial charge >= 0.3 is 0 Å². The zero-order chi connectivity index (χ0) is 12.0. The second-order valence-electron chi connectivity index (χ2n) is 5.26. The van der Waals surface area contributed by atoms with E-state index in [0.29, 0.717) is 12.0 Å². The third kappa shape index (κ3) is 4.52. The number of amides is 1. The summed E-state index contributed by atoms with van der Waals surface area (Å²) in [4.78, 5) is 11.7. The van der Waals surface area contributed by atoms with Gasteiger partial charge in [-0.1, -0.05) is 27.2 Å². The van der Waals surface area contributed by atoms with Gasteiger partial charge < -0.3 is 10.6 Å². The summed E-state index contributed by atoms with van der Waals surface area (Å²) >= 11 is 0. The van der Waals surface area contributed by atoms with Crippen molar-refractivity contribution in [3.8, 4) is 0 Å². The second-order valence-corrected chi connectivity index (χ2v) is 5.26. The van der Waals surface area contributed by atoms with Crippen molar-refractivity contribution in [2.75, 3.05) is 13.1 Å². The van der Waals surface area contributed by atoms with E-state index in [0.717, 1.165) is 19.5 Å². The number of carbonyl (C=O) groups excluding carboxylic acids is 1. The molecule has 0 spiro atoms. The molecule has 0 aromatic rings. The van der Waals surface area contributed by atoms with Crippen molar-refractivity contribution in [2.45, 2.75) is 52.5 Å². The van der Waals surface area contributed by atoms with Gasteiger partial charge in [-0.2, -0.15) is 0 Å². The van der Waals surface area contributed by atoms with Crippen LogP contribution < -0.4 is 10.6 Å². The van der Waals surface area contributed by atoms with Crippen molar-refractivity contribution in [1.29, 1.82) is 0 Å². The maximum absolute atomic E-state index is 11.7. The summed E-state index contributed by atoms with van der Waals surface area (Å²) < 4.78 is 0. The number of nitrogens with one attached hydrogen (secondary N) is 2. The van der Waals surface area contributed by atoms with E-state index >= 15 is 0 Å². The summed E-state index contributed by atoms with van der Waals surface area (Å²) in [6, 6.07) is 0.614. The van der Waals surface area contributed by atoms with Crippen LogP contribution in [-0.4, -0.2) is 25.0 Å². The van der Waals surface area contributed by atoms with Crippen molar-refractivity contribution in [1.82, 2.24) is 10.6 Å². The van der Waals surface area contributed by atoms with Gasteiger partial charge in [0.1, 0.15) is 0 Å². The van der Waals surface area contributed by atoms with Gasteiger partial charge in [0.05, 0.1) is 0 Å². The summed E-state index contributed by atoms with van der Waals surface area (Å²) in [7, 11) is 0. The first-order valence-electron chi connectivity index (χ1n) is 6.62. The highest BCUT2D eigenvalue weighted by Crippen LogP contribution is 2.11. The zero-order valence-electron chi connectivity index (χ0n) is 10.9. The lowest BCUT2D eigenvalue weighted by Crippen LogP contribution is -2.39. The van der Waals surface area contributed by atoms with E-state index in [2.05, 4.69) is 24.5 Å². The van der Waals surface area contributed by atoms with E-state index in [4.69, 9.17) is 0 Å². The first-order valence-corrected chi connectivity index (χ1v) is 6.62. The van der Waals surface area contributed by atoms with Crippen LogP contribution in [0.2, 0.25) is 0 Å². The molecule has 94 valence electrons. The molecular weight excluding hydrogens is 200 g/mol. The van der Waals surface area contributed by atoms with Gasteiger partial charge in [-0.25, -0.2) is 0 Å². The SMILES string of the molecule is CC(C)C(C)C(=O)NCCC1CCCCN1. The lowest BCUT2D eigenvalue weighted by atomic mass is 9.97. The van der Waals surface area contributed by atoms with E-state index < -0.39 is 0 Å². The molecule has 1 aliphatic heterocycles. The van der Waals surface area contributed by atoms with Crippen molar-refractivity contribution in [3.05, 3.63) is 0 Å². The molecule has 1 aliphatic rings. The predicted molar refractivity (Wildman–Crippen MR) is 67.3 cm³/mol. The Balaban J connectivity index is 2.12. The highest BCUT2D eigenvalue weighted by atomic mass is 16.1. The molecule has 3 nitrogen and oxygen atoms in total. The third-order valence-corrected chi connectivity index (χ3v) is 3.62. The molecule has 0 saturated carbocycles. The topological polar surface area (TPSA) is 41.1 Å². The van der Waals surface area contributed by atoms with E-state index in [-0.39, 0.29) is 11.8 Å². The molecular formula is C13H26N2O. The number of hydrogen-bond acceptors (Lipinski definition) is 2. The molecule has 1 saturated heterocycles. The Labute approximate surface area is 99.4 Å². The van der Waals surface area contributed by atoms with E-state index in [9.17, 15) is 4.79 Å². The Morgan fingerprint density at radius 1 is 1.38 bits per heavy atom. The lowest BCUT2D eigenvalue weighted by Gasteiger charge is -2.24. The van der Waals surface area contributed by atoms with Crippen molar-refractivity contribution in [3.63, 3.8) is 0 Å². The molecule has 1 fully saturated rings. The quantitative estimate of drug-likeness (QED) is 0.752. The van der Waals surface area contributed by atoms with Gasteiger partial charge in [-0.15, -0.1) is 0 Å². The summed E-state index contributed by atoms with van der Waals surface area (Å²) in [5.41, 5.74) is 0. The van der Waals surface area contributed by atoms with Gasteiger partial charge in [0.25, 0.3) is 0 Å². The van der Waals surface area contributed by atoms with Crippen LogP contribution in [0.5, 0.6) is 0 Å². The second kappa shape index (κ2) is 6.89. The van der Waals surface area contributed by atoms with E-state index in [1.54, 1.807) is 0 Å². The van der Waals surface area contributed by atoms with Crippen LogP contribution in [0.1, 0.15) is 46.5 Å². The Hall–Kier alpha value is -0.570. The number of carbonyl (C=O) groups is 1. The van der Waals surface area contributed by atoms with Gasteiger partial charge in [-0.3, -0.25) is 4.79 Å². The molecule has 0 bridgehead atoms. The molecule has 1 amide bonds. The van der Waals surface area contributed by atoms with Gasteiger partial charge in [-0.05, 0) is 31.7 Å². The minimum atomic E-state index is 0.124. The third-order valence-electron chi connectivity index (χ3n) is 3.62. The van der Waals surface area contributed by atoms with Gasteiger partial charge in [0.2, 0.25) is 5.91 Å². The molecule has 2 N–H and O–H groups in total. The van der Waals surface area contributed by atoms with Crippen molar-refractivity contribution >= 4 is 5.91 Å². The summed E-state index contributed by atoms with van der Waals surface area (Å²) in [6.07, 6.45) is 4.95. The minimum Gasteiger partial charge on any atom is -0.356 e. The average molecular weight is 226 g/mol. The van der Waals surface area contributed by atoms with Crippen LogP contribution in [0, 0.1) is 11.8 Å². The molecule has 0 aliphatic carbocycles. The standard InChI is InChI=1S/C13H26N2O/c1-10(2)11(3)13(16)15-9-7-12-6-4-5-8-14-12/h10-12,14H,4-9H2,1-3H3,(H,15,16). The number of piperidine rings is 1. The minimum absolute atomic E-state index is 0.124. The van der Waals surface area contributed by atoms with Crippen molar-refractivity contribution < 1.29 is 4.79 Å². The first-order chi connectivity index (χ1) is 7.61. The van der Waals surface area contributed by atoms with Crippen LogP contribution in [-0.2, 0) is 4.79 Å². The summed E-state index contributed by atoms with van der Waals surface area (Å²) in [5.74, 6) is 0.748. The highest BCUT2D eigenvalue weighted by molar-refractivity contribution is 5.78. The van der Waals surface area contributed by atoms with Gasteiger partial charge in [0, 0.05) is 18.5 Å². The van der Waals surface area contributed by atoms with Crippen LogP contribution in [0.15, 0.2) is 0 Å². The molecule has 3 heteroatoms. The fourth-order valence-electron chi connectivity index (χ4n) is 2.00. The molecule has 1 heterocycles. The molecule has 16 heavy (non-hydrogen) atoms. The first kappa shape index (κ1) is 13.5. The summed E-state index contributed by atoms with van der Waals surface area (Å²) in [5, 5.41) is 6.53. The maximum Gasteiger partial charge on any atom is 0.223 e. The number of hydrogen-bond donors (Lipinski definition) is 2. The normalized spacial score (nSPS) is 23.1. The van der Waals surface area contributed by atoms with E-state index in [1.807, 2.05) is 6.92 Å². The van der Waals surface area contributed by atoms with Crippen LogP contribution in [0.25, 0.3) is 0 Å². The van der Waals surface area contributed by atoms with E-state index in [1.165, 1.54) is 19.3 Å². The Bertz CT molecular complexity index is 210. The molecule has 0 aromatic carbocycles. The predicted octanol–water partition coefficient (Wildman–Crippen LogP) is 1.93. The molecule has 0 aromatic heterocycles. The monoisotopic (exact) mass is 226 g/mol. The zero-order valence-corrected chi connectivity index (χ0v) is 10.9. The molecule has 0 radical (unpaired) electrons. The molecule has 2 atom stereocenters. The van der Waals surface area contributed by atoms with Crippen molar-refractivity contribution in [2.24, 2.45) is 11.8 Å². The Morgan fingerprint density at radius 3 is 2.69 bits per heavy atom. The number of rotatable bonds is 5. The maximum atomic E-state index is 11.7. The fourth-order valence-corrected chi connectivity index (χ4v) is 2.00. The lowest BCUT2D eigenvalue weighted by molar-refractivity contribution is -0.125. The average Bonchev–Trinajstić information content (AvgIpc) is 2.29. The highest BCUT2D eigenvalue weighted by Gasteiger charge is 2.17. The largest absolute Gasteiger partial charge is 0.356 e. The summed E-state index contributed by atoms with van der Waals surface area (Å²) in [6.45, 7) is 8.13. The molecule has 2 unspecified atom stereocenters. The fraction of sp³-hybridized carbons (Fsp3) is 0.923. The smallest absolute Gasteiger partial charge is 0.223 e. The molecule has 1 rings (SSSR count).